The van der Waals surface area contributed by atoms with Crippen LogP contribution in [-0.4, -0.2) is 28.3 Å². The van der Waals surface area contributed by atoms with Crippen LogP contribution in [0.15, 0.2) is 6.20 Å². The molecule has 5 nitrogen and oxygen atoms in total. The van der Waals surface area contributed by atoms with E-state index in [1.54, 1.807) is 0 Å². The fourth-order valence-corrected chi connectivity index (χ4v) is 2.03. The topological polar surface area (TPSA) is 59.0 Å². The zero-order chi connectivity index (χ0) is 11.5. The van der Waals surface area contributed by atoms with Crippen molar-refractivity contribution in [1.29, 1.82) is 0 Å². The van der Waals surface area contributed by atoms with E-state index in [1.165, 1.54) is 5.56 Å². The first kappa shape index (κ1) is 11.1. The highest BCUT2D eigenvalue weighted by Gasteiger charge is 2.20. The van der Waals surface area contributed by atoms with Gasteiger partial charge < -0.3 is 10.6 Å². The molecule has 1 aromatic rings. The Balaban J connectivity index is 1.91. The molecule has 0 aromatic carbocycles. The Kier molecular flexibility index (Phi) is 3.24. The van der Waals surface area contributed by atoms with Crippen LogP contribution < -0.4 is 10.6 Å². The number of nitrogens with zero attached hydrogens (tertiary/aromatic N) is 2. The van der Waals surface area contributed by atoms with Crippen molar-refractivity contribution in [2.45, 2.75) is 32.4 Å². The lowest BCUT2D eigenvalue weighted by Gasteiger charge is -2.09. The molecule has 2 N–H and O–H groups in total. The molecule has 0 radical (unpaired) electrons. The monoisotopic (exact) mass is 222 g/mol. The minimum Gasteiger partial charge on any atom is -0.354 e. The van der Waals surface area contributed by atoms with Crippen molar-refractivity contribution in [1.82, 2.24) is 20.4 Å². The van der Waals surface area contributed by atoms with Gasteiger partial charge in [-0.05, 0) is 6.42 Å². The fourth-order valence-electron chi connectivity index (χ4n) is 2.03. The molecule has 16 heavy (non-hydrogen) atoms. The molecule has 1 unspecified atom stereocenters. The van der Waals surface area contributed by atoms with E-state index in [0.29, 0.717) is 6.42 Å². The Morgan fingerprint density at radius 2 is 2.50 bits per heavy atom. The molecule has 1 fully saturated rings. The normalized spacial score (nSPS) is 20.1. The van der Waals surface area contributed by atoms with Crippen molar-refractivity contribution in [3.8, 4) is 0 Å². The van der Waals surface area contributed by atoms with E-state index < -0.39 is 0 Å². The predicted octanol–water partition coefficient (Wildman–Crippen LogP) is -0.0394. The van der Waals surface area contributed by atoms with E-state index >= 15 is 0 Å². The molecule has 0 saturated carbocycles. The van der Waals surface area contributed by atoms with Gasteiger partial charge in [0.2, 0.25) is 5.91 Å². The third-order valence-electron chi connectivity index (χ3n) is 2.89. The molecule has 0 aliphatic carbocycles. The lowest BCUT2D eigenvalue weighted by Crippen LogP contribution is -2.30. The van der Waals surface area contributed by atoms with Gasteiger partial charge in [0.1, 0.15) is 0 Å². The zero-order valence-electron chi connectivity index (χ0n) is 9.79. The van der Waals surface area contributed by atoms with E-state index in [2.05, 4.69) is 22.7 Å². The number of aromatic nitrogens is 2. The summed E-state index contributed by atoms with van der Waals surface area (Å²) in [6, 6.07) is 0.261. The van der Waals surface area contributed by atoms with Crippen molar-refractivity contribution in [2.24, 2.45) is 7.05 Å². The van der Waals surface area contributed by atoms with Crippen molar-refractivity contribution < 1.29 is 4.79 Å². The lowest BCUT2D eigenvalue weighted by molar-refractivity contribution is -0.119. The van der Waals surface area contributed by atoms with Crippen molar-refractivity contribution in [2.75, 3.05) is 6.54 Å². The molecule has 2 rings (SSSR count). The van der Waals surface area contributed by atoms with Gasteiger partial charge in [-0.25, -0.2) is 0 Å². The van der Waals surface area contributed by atoms with Gasteiger partial charge in [0.05, 0.1) is 5.69 Å². The summed E-state index contributed by atoms with van der Waals surface area (Å²) in [5.74, 6) is 0.138. The largest absolute Gasteiger partial charge is 0.354 e. The fraction of sp³-hybridized carbons (Fsp3) is 0.636. The first-order chi connectivity index (χ1) is 7.69. The predicted molar refractivity (Wildman–Crippen MR) is 60.8 cm³/mol. The summed E-state index contributed by atoms with van der Waals surface area (Å²) in [5.41, 5.74) is 2.36. The van der Waals surface area contributed by atoms with Gasteiger partial charge in [0, 0.05) is 44.4 Å². The summed E-state index contributed by atoms with van der Waals surface area (Å²) in [6.45, 7) is 3.63. The molecule has 1 saturated heterocycles. The van der Waals surface area contributed by atoms with E-state index in [9.17, 15) is 4.79 Å². The molecule has 0 spiro atoms. The van der Waals surface area contributed by atoms with Gasteiger partial charge in [-0.3, -0.25) is 9.48 Å². The van der Waals surface area contributed by atoms with Gasteiger partial charge in [-0.15, -0.1) is 0 Å². The molecule has 5 heteroatoms. The quantitative estimate of drug-likeness (QED) is 0.751. The van der Waals surface area contributed by atoms with Gasteiger partial charge in [-0.2, -0.15) is 5.10 Å². The number of nitrogens with one attached hydrogen (secondary N) is 2. The maximum Gasteiger partial charge on any atom is 0.221 e. The summed E-state index contributed by atoms with van der Waals surface area (Å²) in [6.07, 6.45) is 3.57. The summed E-state index contributed by atoms with van der Waals surface area (Å²) in [4.78, 5) is 11.0. The van der Waals surface area contributed by atoms with Crippen LogP contribution >= 0.6 is 0 Å². The number of hydrogen-bond donors (Lipinski definition) is 2. The number of carbonyl (C=O) groups excluding carboxylic acids is 1. The van der Waals surface area contributed by atoms with E-state index in [4.69, 9.17) is 0 Å². The van der Waals surface area contributed by atoms with Crippen LogP contribution in [0.3, 0.4) is 0 Å². The molecule has 1 aliphatic rings. The van der Waals surface area contributed by atoms with Crippen molar-refractivity contribution in [3.05, 3.63) is 17.5 Å². The second-order valence-electron chi connectivity index (χ2n) is 4.21. The smallest absolute Gasteiger partial charge is 0.221 e. The molecule has 1 aliphatic heterocycles. The van der Waals surface area contributed by atoms with Gasteiger partial charge in [0.15, 0.2) is 0 Å². The molecule has 1 atom stereocenters. The number of amides is 1. The standard InChI is InChI=1S/C11H18N4O/c1-3-10-8(7-15(2)14-10)5-12-9-4-11(16)13-6-9/h7,9,12H,3-6H2,1-2H3,(H,13,16). The Morgan fingerprint density at radius 3 is 3.12 bits per heavy atom. The van der Waals surface area contributed by atoms with Crippen LogP contribution in [0.25, 0.3) is 0 Å². The minimum absolute atomic E-state index is 0.138. The zero-order valence-corrected chi connectivity index (χ0v) is 9.79. The summed E-state index contributed by atoms with van der Waals surface area (Å²) in [5, 5.41) is 10.6. The van der Waals surface area contributed by atoms with Crippen LogP contribution in [0.4, 0.5) is 0 Å². The van der Waals surface area contributed by atoms with Crippen LogP contribution in [0.1, 0.15) is 24.6 Å². The summed E-state index contributed by atoms with van der Waals surface area (Å²) < 4.78 is 1.84. The highest BCUT2D eigenvalue weighted by Crippen LogP contribution is 2.08. The second-order valence-corrected chi connectivity index (χ2v) is 4.21. The lowest BCUT2D eigenvalue weighted by atomic mass is 10.2. The highest BCUT2D eigenvalue weighted by molar-refractivity contribution is 5.78. The Hall–Kier alpha value is -1.36. The number of rotatable bonds is 4. The second kappa shape index (κ2) is 4.65. The average Bonchev–Trinajstić information content (AvgIpc) is 2.81. The first-order valence-corrected chi connectivity index (χ1v) is 5.70. The third kappa shape index (κ3) is 2.41. The molecular formula is C11H18N4O. The van der Waals surface area contributed by atoms with Gasteiger partial charge in [0.25, 0.3) is 0 Å². The van der Waals surface area contributed by atoms with Crippen LogP contribution in [0, 0.1) is 0 Å². The van der Waals surface area contributed by atoms with Crippen LogP contribution in [-0.2, 0) is 24.8 Å². The highest BCUT2D eigenvalue weighted by atomic mass is 16.1. The van der Waals surface area contributed by atoms with E-state index in [0.717, 1.165) is 25.2 Å². The summed E-state index contributed by atoms with van der Waals surface area (Å²) in [7, 11) is 1.93. The van der Waals surface area contributed by atoms with Crippen molar-refractivity contribution >= 4 is 5.91 Å². The maximum absolute atomic E-state index is 11.0. The third-order valence-corrected chi connectivity index (χ3v) is 2.89. The Labute approximate surface area is 95.2 Å². The van der Waals surface area contributed by atoms with Crippen LogP contribution in [0.5, 0.6) is 0 Å². The van der Waals surface area contributed by atoms with E-state index in [1.807, 2.05) is 17.9 Å². The minimum atomic E-state index is 0.138. The molecule has 1 aromatic heterocycles. The molecule has 0 bridgehead atoms. The summed E-state index contributed by atoms with van der Waals surface area (Å²) >= 11 is 0. The molecule has 1 amide bonds. The maximum atomic E-state index is 11.0. The Bertz CT molecular complexity index is 385. The molecule has 2 heterocycles. The average molecular weight is 222 g/mol. The number of hydrogen-bond acceptors (Lipinski definition) is 3. The van der Waals surface area contributed by atoms with Gasteiger partial charge in [-0.1, -0.05) is 6.92 Å². The Morgan fingerprint density at radius 1 is 1.69 bits per heavy atom. The van der Waals surface area contributed by atoms with Crippen LogP contribution in [0.2, 0.25) is 0 Å². The first-order valence-electron chi connectivity index (χ1n) is 5.70. The molecule has 88 valence electrons. The SMILES string of the molecule is CCc1nn(C)cc1CNC1CNC(=O)C1. The van der Waals surface area contributed by atoms with Crippen molar-refractivity contribution in [3.63, 3.8) is 0 Å². The van der Waals surface area contributed by atoms with E-state index in [-0.39, 0.29) is 11.9 Å². The number of carbonyl (C=O) groups is 1. The van der Waals surface area contributed by atoms with Gasteiger partial charge >= 0.3 is 0 Å². The molecular weight excluding hydrogens is 204 g/mol. The number of aryl methyl sites for hydroxylation is 2.